The highest BCUT2D eigenvalue weighted by atomic mass is 16.2. The van der Waals surface area contributed by atoms with Crippen molar-refractivity contribution in [2.45, 2.75) is 46.7 Å². The summed E-state index contributed by atoms with van der Waals surface area (Å²) >= 11 is 0. The average molecular weight is 393 g/mol. The fraction of sp³-hybridized carbons (Fsp3) is 0.348. The van der Waals surface area contributed by atoms with Crippen LogP contribution in [0.1, 0.15) is 44.6 Å². The van der Waals surface area contributed by atoms with Gasteiger partial charge in [-0.25, -0.2) is 9.78 Å². The lowest BCUT2D eigenvalue weighted by Crippen LogP contribution is -2.40. The van der Waals surface area contributed by atoms with Gasteiger partial charge in [-0.2, -0.15) is 0 Å². The van der Waals surface area contributed by atoms with Gasteiger partial charge in [-0.3, -0.25) is 9.36 Å². The first kappa shape index (κ1) is 20.6. The second-order valence-electron chi connectivity index (χ2n) is 7.15. The molecule has 1 heterocycles. The predicted octanol–water partition coefficient (Wildman–Crippen LogP) is 4.73. The number of hydrogen-bond acceptors (Lipinski definition) is 3. The van der Waals surface area contributed by atoms with Gasteiger partial charge in [-0.15, -0.1) is 0 Å². The van der Waals surface area contributed by atoms with Gasteiger partial charge in [-0.1, -0.05) is 37.3 Å². The number of aromatic nitrogens is 2. The molecule has 0 spiro atoms. The molecule has 3 rings (SSSR count). The highest BCUT2D eigenvalue weighted by Crippen LogP contribution is 2.22. The zero-order chi connectivity index (χ0) is 21.0. The van der Waals surface area contributed by atoms with Crippen molar-refractivity contribution in [3.05, 3.63) is 70.3 Å². The second kappa shape index (κ2) is 8.90. The maximum atomic E-state index is 13.1. The fourth-order valence-electron chi connectivity index (χ4n) is 3.58. The normalized spacial score (nSPS) is 12.0. The van der Waals surface area contributed by atoms with E-state index in [2.05, 4.69) is 5.32 Å². The molecule has 152 valence electrons. The Morgan fingerprint density at radius 2 is 1.83 bits per heavy atom. The Balaban J connectivity index is 2.00. The Morgan fingerprint density at radius 3 is 2.52 bits per heavy atom. The Labute approximate surface area is 171 Å². The molecule has 0 aliphatic carbocycles. The van der Waals surface area contributed by atoms with Crippen LogP contribution in [0, 0.1) is 6.92 Å². The van der Waals surface area contributed by atoms with Crippen molar-refractivity contribution in [2.24, 2.45) is 0 Å². The SMILES string of the molecule is CCCn1c([C@H](C)N(CC)C(=O)Nc2ccccc2C)nc2ccccc2c1=O. The van der Waals surface area contributed by atoms with Crippen LogP contribution in [0.4, 0.5) is 10.5 Å². The van der Waals surface area contributed by atoms with Crippen LogP contribution in [0.3, 0.4) is 0 Å². The number of hydrogen-bond donors (Lipinski definition) is 1. The minimum atomic E-state index is -0.354. The number of rotatable bonds is 6. The van der Waals surface area contributed by atoms with Crippen LogP contribution in [-0.2, 0) is 6.54 Å². The molecule has 0 aliphatic heterocycles. The van der Waals surface area contributed by atoms with Gasteiger partial charge in [0.25, 0.3) is 5.56 Å². The molecule has 0 bridgehead atoms. The number of carbonyl (C=O) groups excluding carboxylic acids is 1. The molecule has 0 fully saturated rings. The van der Waals surface area contributed by atoms with Crippen molar-refractivity contribution in [2.75, 3.05) is 11.9 Å². The van der Waals surface area contributed by atoms with Gasteiger partial charge >= 0.3 is 6.03 Å². The fourth-order valence-corrected chi connectivity index (χ4v) is 3.58. The summed E-state index contributed by atoms with van der Waals surface area (Å²) in [5.41, 5.74) is 2.37. The smallest absolute Gasteiger partial charge is 0.315 e. The molecule has 1 N–H and O–H groups in total. The summed E-state index contributed by atoms with van der Waals surface area (Å²) in [6.45, 7) is 8.89. The summed E-state index contributed by atoms with van der Waals surface area (Å²) in [7, 11) is 0. The van der Waals surface area contributed by atoms with Gasteiger partial charge in [0, 0.05) is 18.8 Å². The van der Waals surface area contributed by atoms with E-state index in [0.29, 0.717) is 29.8 Å². The van der Waals surface area contributed by atoms with Crippen LogP contribution >= 0.6 is 0 Å². The number of anilines is 1. The molecule has 1 atom stereocenters. The highest BCUT2D eigenvalue weighted by Gasteiger charge is 2.25. The lowest BCUT2D eigenvalue weighted by Gasteiger charge is -2.29. The molecule has 0 radical (unpaired) electrons. The summed E-state index contributed by atoms with van der Waals surface area (Å²) in [6.07, 6.45) is 0.807. The monoisotopic (exact) mass is 392 g/mol. The molecule has 0 saturated heterocycles. The zero-order valence-electron chi connectivity index (χ0n) is 17.5. The molecule has 6 nitrogen and oxygen atoms in total. The molecule has 1 aromatic heterocycles. The minimum Gasteiger partial charge on any atom is -0.315 e. The number of benzene rings is 2. The molecule has 0 aliphatic rings. The lowest BCUT2D eigenvalue weighted by molar-refractivity contribution is 0.192. The number of amides is 2. The van der Waals surface area contributed by atoms with Gasteiger partial charge in [0.2, 0.25) is 0 Å². The number of urea groups is 1. The third kappa shape index (κ3) is 4.16. The molecule has 29 heavy (non-hydrogen) atoms. The number of aryl methyl sites for hydroxylation is 1. The van der Waals surface area contributed by atoms with E-state index >= 15 is 0 Å². The first-order chi connectivity index (χ1) is 14.0. The van der Waals surface area contributed by atoms with Crippen molar-refractivity contribution in [3.8, 4) is 0 Å². The molecular weight excluding hydrogens is 364 g/mol. The first-order valence-corrected chi connectivity index (χ1v) is 10.1. The quantitative estimate of drug-likeness (QED) is 0.659. The first-order valence-electron chi connectivity index (χ1n) is 10.1. The van der Waals surface area contributed by atoms with Crippen LogP contribution < -0.4 is 10.9 Å². The van der Waals surface area contributed by atoms with Crippen LogP contribution in [0.2, 0.25) is 0 Å². The average Bonchev–Trinajstić information content (AvgIpc) is 2.72. The number of carbonyl (C=O) groups is 1. The standard InChI is InChI=1S/C23H28N4O2/c1-5-15-27-21(24-20-14-10-8-12-18(20)22(27)28)17(4)26(6-2)23(29)25-19-13-9-7-11-16(19)3/h7-14,17H,5-6,15H2,1-4H3,(H,25,29)/t17-/m0/s1. The van der Waals surface area contributed by atoms with E-state index in [1.165, 1.54) is 0 Å². The highest BCUT2D eigenvalue weighted by molar-refractivity contribution is 5.90. The van der Waals surface area contributed by atoms with E-state index < -0.39 is 0 Å². The van der Waals surface area contributed by atoms with Crippen LogP contribution in [0.25, 0.3) is 10.9 Å². The molecule has 3 aromatic rings. The number of para-hydroxylation sites is 2. The maximum absolute atomic E-state index is 13.1. The Hall–Kier alpha value is -3.15. The lowest BCUT2D eigenvalue weighted by atomic mass is 10.2. The molecule has 2 aromatic carbocycles. The largest absolute Gasteiger partial charge is 0.322 e. The van der Waals surface area contributed by atoms with Gasteiger partial charge < -0.3 is 10.2 Å². The van der Waals surface area contributed by atoms with E-state index in [1.807, 2.05) is 70.2 Å². The van der Waals surface area contributed by atoms with E-state index in [4.69, 9.17) is 4.98 Å². The van der Waals surface area contributed by atoms with Crippen molar-refractivity contribution in [1.29, 1.82) is 0 Å². The second-order valence-corrected chi connectivity index (χ2v) is 7.15. The van der Waals surface area contributed by atoms with Crippen molar-refractivity contribution >= 4 is 22.6 Å². The Kier molecular flexibility index (Phi) is 6.32. The number of nitrogens with one attached hydrogen (secondary N) is 1. The third-order valence-corrected chi connectivity index (χ3v) is 5.17. The van der Waals surface area contributed by atoms with Crippen LogP contribution in [-0.4, -0.2) is 27.0 Å². The van der Waals surface area contributed by atoms with E-state index in [0.717, 1.165) is 17.7 Å². The van der Waals surface area contributed by atoms with Gasteiger partial charge in [0.05, 0.1) is 16.9 Å². The van der Waals surface area contributed by atoms with Crippen molar-refractivity contribution < 1.29 is 4.79 Å². The van der Waals surface area contributed by atoms with E-state index in [1.54, 1.807) is 15.5 Å². The number of nitrogens with zero attached hydrogens (tertiary/aromatic N) is 3. The third-order valence-electron chi connectivity index (χ3n) is 5.17. The van der Waals surface area contributed by atoms with Gasteiger partial charge in [0.15, 0.2) is 0 Å². The molecule has 6 heteroatoms. The van der Waals surface area contributed by atoms with Crippen molar-refractivity contribution in [1.82, 2.24) is 14.5 Å². The Morgan fingerprint density at radius 1 is 1.14 bits per heavy atom. The molecular formula is C23H28N4O2. The molecule has 0 unspecified atom stereocenters. The molecule has 2 amide bonds. The topological polar surface area (TPSA) is 67.2 Å². The number of fused-ring (bicyclic) bond motifs is 1. The summed E-state index contributed by atoms with van der Waals surface area (Å²) in [5.74, 6) is 0.609. The minimum absolute atomic E-state index is 0.0605. The maximum Gasteiger partial charge on any atom is 0.322 e. The zero-order valence-corrected chi connectivity index (χ0v) is 17.5. The summed E-state index contributed by atoms with van der Waals surface area (Å²) in [6, 6.07) is 14.5. The van der Waals surface area contributed by atoms with E-state index in [-0.39, 0.29) is 17.6 Å². The van der Waals surface area contributed by atoms with Crippen molar-refractivity contribution in [3.63, 3.8) is 0 Å². The summed E-state index contributed by atoms with van der Waals surface area (Å²) < 4.78 is 1.71. The van der Waals surface area contributed by atoms with Gasteiger partial charge in [0.1, 0.15) is 5.82 Å². The van der Waals surface area contributed by atoms with Gasteiger partial charge in [-0.05, 0) is 51.0 Å². The Bertz CT molecular complexity index is 1070. The van der Waals surface area contributed by atoms with Crippen LogP contribution in [0.5, 0.6) is 0 Å². The summed E-state index contributed by atoms with van der Waals surface area (Å²) in [5, 5.41) is 3.59. The summed E-state index contributed by atoms with van der Waals surface area (Å²) in [4.78, 5) is 32.6. The van der Waals surface area contributed by atoms with Crippen LogP contribution in [0.15, 0.2) is 53.3 Å². The molecule has 0 saturated carbocycles. The predicted molar refractivity (Wildman–Crippen MR) is 117 cm³/mol. The van der Waals surface area contributed by atoms with E-state index in [9.17, 15) is 9.59 Å².